The number of aliphatic hydroxyl groups is 1. The molecular weight excluding hydrogens is 193 g/mol. The quantitative estimate of drug-likeness (QED) is 0.819. The lowest BCUT2D eigenvalue weighted by Gasteiger charge is -1.99. The number of halogens is 1. The van der Waals surface area contributed by atoms with Gasteiger partial charge in [-0.15, -0.1) is 0 Å². The van der Waals surface area contributed by atoms with Gasteiger partial charge in [-0.3, -0.25) is 0 Å². The van der Waals surface area contributed by atoms with Crippen LogP contribution in [0.15, 0.2) is 24.3 Å². The summed E-state index contributed by atoms with van der Waals surface area (Å²) >= 11 is 0. The van der Waals surface area contributed by atoms with Gasteiger partial charge >= 0.3 is 0 Å². The van der Waals surface area contributed by atoms with Crippen LogP contribution in [0, 0.1) is 17.1 Å². The summed E-state index contributed by atoms with van der Waals surface area (Å²) in [6, 6.07) is 6.66. The standard InChI is InChI=1S/C12H12FNO/c13-12-9-10(3-1-2-8-15)4-5-11(12)6-7-14/h1,3-5,9,15H,2,6,8H2. The van der Waals surface area contributed by atoms with E-state index in [-0.39, 0.29) is 18.8 Å². The van der Waals surface area contributed by atoms with Gasteiger partial charge in [0.25, 0.3) is 0 Å². The first kappa shape index (κ1) is 11.4. The third-order valence-corrected chi connectivity index (χ3v) is 1.95. The van der Waals surface area contributed by atoms with Crippen molar-refractivity contribution in [1.29, 1.82) is 5.26 Å². The van der Waals surface area contributed by atoms with Crippen molar-refractivity contribution in [2.24, 2.45) is 0 Å². The number of nitrogens with zero attached hydrogens (tertiary/aromatic N) is 1. The molecule has 0 spiro atoms. The van der Waals surface area contributed by atoms with Gasteiger partial charge in [0, 0.05) is 12.2 Å². The molecule has 1 rings (SSSR count). The Morgan fingerprint density at radius 2 is 2.27 bits per heavy atom. The van der Waals surface area contributed by atoms with Gasteiger partial charge in [-0.25, -0.2) is 4.39 Å². The number of nitriles is 1. The first-order chi connectivity index (χ1) is 7.27. The predicted molar refractivity (Wildman–Crippen MR) is 56.5 cm³/mol. The van der Waals surface area contributed by atoms with Crippen LogP contribution in [0.2, 0.25) is 0 Å². The lowest BCUT2D eigenvalue weighted by Crippen LogP contribution is -1.89. The van der Waals surface area contributed by atoms with Gasteiger partial charge in [-0.2, -0.15) is 5.26 Å². The Hall–Kier alpha value is -1.66. The fraction of sp³-hybridized carbons (Fsp3) is 0.250. The number of aliphatic hydroxyl groups excluding tert-OH is 1. The molecule has 0 atom stereocenters. The van der Waals surface area contributed by atoms with Crippen molar-refractivity contribution >= 4 is 6.08 Å². The van der Waals surface area contributed by atoms with E-state index in [1.54, 1.807) is 24.3 Å². The largest absolute Gasteiger partial charge is 0.396 e. The summed E-state index contributed by atoms with van der Waals surface area (Å²) in [6.07, 6.45) is 4.17. The van der Waals surface area contributed by atoms with Crippen molar-refractivity contribution in [3.8, 4) is 6.07 Å². The van der Waals surface area contributed by atoms with Crippen LogP contribution < -0.4 is 0 Å². The van der Waals surface area contributed by atoms with Gasteiger partial charge in [0.05, 0.1) is 12.5 Å². The highest BCUT2D eigenvalue weighted by Gasteiger charge is 2.00. The van der Waals surface area contributed by atoms with Crippen LogP contribution in [0.3, 0.4) is 0 Å². The normalized spacial score (nSPS) is 10.5. The average Bonchev–Trinajstić information content (AvgIpc) is 2.23. The molecule has 0 amide bonds. The molecule has 3 heteroatoms. The molecule has 1 aromatic rings. The van der Waals surface area contributed by atoms with E-state index in [1.807, 2.05) is 6.07 Å². The third kappa shape index (κ3) is 3.53. The fourth-order valence-corrected chi connectivity index (χ4v) is 1.19. The van der Waals surface area contributed by atoms with Gasteiger partial charge in [-0.05, 0) is 18.1 Å². The Kier molecular flexibility index (Phi) is 4.52. The van der Waals surface area contributed by atoms with E-state index in [0.29, 0.717) is 12.0 Å². The lowest BCUT2D eigenvalue weighted by atomic mass is 10.1. The van der Waals surface area contributed by atoms with Crippen molar-refractivity contribution in [2.45, 2.75) is 12.8 Å². The maximum Gasteiger partial charge on any atom is 0.128 e. The number of rotatable bonds is 4. The Balaban J connectivity index is 2.78. The highest BCUT2D eigenvalue weighted by atomic mass is 19.1. The summed E-state index contributed by atoms with van der Waals surface area (Å²) in [4.78, 5) is 0. The molecule has 0 unspecified atom stereocenters. The van der Waals surface area contributed by atoms with Gasteiger partial charge in [-0.1, -0.05) is 24.3 Å². The number of hydrogen-bond acceptors (Lipinski definition) is 2. The number of hydrogen-bond donors (Lipinski definition) is 1. The second-order valence-electron chi connectivity index (χ2n) is 3.10. The molecule has 15 heavy (non-hydrogen) atoms. The fourth-order valence-electron chi connectivity index (χ4n) is 1.19. The van der Waals surface area contributed by atoms with Gasteiger partial charge in [0.15, 0.2) is 0 Å². The Morgan fingerprint density at radius 1 is 1.47 bits per heavy atom. The molecule has 0 fully saturated rings. The summed E-state index contributed by atoms with van der Waals surface area (Å²) < 4.78 is 13.3. The van der Waals surface area contributed by atoms with Crippen LogP contribution in [0.1, 0.15) is 17.5 Å². The van der Waals surface area contributed by atoms with Crippen LogP contribution in [0.4, 0.5) is 4.39 Å². The molecule has 2 nitrogen and oxygen atoms in total. The van der Waals surface area contributed by atoms with E-state index in [4.69, 9.17) is 10.4 Å². The maximum absolute atomic E-state index is 13.3. The van der Waals surface area contributed by atoms with Gasteiger partial charge < -0.3 is 5.11 Å². The van der Waals surface area contributed by atoms with E-state index < -0.39 is 0 Å². The van der Waals surface area contributed by atoms with E-state index in [2.05, 4.69) is 0 Å². The molecule has 0 heterocycles. The lowest BCUT2D eigenvalue weighted by molar-refractivity contribution is 0.303. The molecule has 1 N–H and O–H groups in total. The monoisotopic (exact) mass is 205 g/mol. The summed E-state index contributed by atoms with van der Waals surface area (Å²) in [5.74, 6) is -0.359. The van der Waals surface area contributed by atoms with Crippen molar-refractivity contribution in [3.63, 3.8) is 0 Å². The predicted octanol–water partition coefficient (Wildman–Crippen LogP) is 2.29. The smallest absolute Gasteiger partial charge is 0.128 e. The molecule has 0 aliphatic rings. The van der Waals surface area contributed by atoms with E-state index in [9.17, 15) is 4.39 Å². The highest BCUT2D eigenvalue weighted by Crippen LogP contribution is 2.12. The Labute approximate surface area is 88.3 Å². The Morgan fingerprint density at radius 3 is 2.87 bits per heavy atom. The molecule has 78 valence electrons. The minimum atomic E-state index is -0.359. The van der Waals surface area contributed by atoms with Gasteiger partial charge in [0.1, 0.15) is 5.82 Å². The third-order valence-electron chi connectivity index (χ3n) is 1.95. The molecule has 0 aromatic heterocycles. The minimum absolute atomic E-state index is 0.0888. The zero-order valence-electron chi connectivity index (χ0n) is 8.28. The maximum atomic E-state index is 13.3. The summed E-state index contributed by atoms with van der Waals surface area (Å²) in [5.41, 5.74) is 1.15. The summed E-state index contributed by atoms with van der Waals surface area (Å²) in [6.45, 7) is 0.0888. The van der Waals surface area contributed by atoms with Crippen molar-refractivity contribution in [1.82, 2.24) is 0 Å². The first-order valence-corrected chi connectivity index (χ1v) is 4.70. The molecular formula is C12H12FNO. The average molecular weight is 205 g/mol. The van der Waals surface area contributed by atoms with Crippen molar-refractivity contribution < 1.29 is 9.50 Å². The van der Waals surface area contributed by atoms with E-state index >= 15 is 0 Å². The minimum Gasteiger partial charge on any atom is -0.396 e. The second kappa shape index (κ2) is 5.94. The number of benzene rings is 1. The van der Waals surface area contributed by atoms with Crippen LogP contribution in [-0.4, -0.2) is 11.7 Å². The van der Waals surface area contributed by atoms with Crippen molar-refractivity contribution in [3.05, 3.63) is 41.2 Å². The molecule has 0 aliphatic heterocycles. The molecule has 0 saturated carbocycles. The summed E-state index contributed by atoms with van der Waals surface area (Å²) in [5, 5.41) is 17.0. The molecule has 1 aromatic carbocycles. The van der Waals surface area contributed by atoms with E-state index in [0.717, 1.165) is 5.56 Å². The molecule has 0 aliphatic carbocycles. The highest BCUT2D eigenvalue weighted by molar-refractivity contribution is 5.50. The molecule has 0 saturated heterocycles. The molecule has 0 radical (unpaired) electrons. The zero-order chi connectivity index (χ0) is 11.1. The Bertz CT molecular complexity index is 393. The second-order valence-corrected chi connectivity index (χ2v) is 3.10. The van der Waals surface area contributed by atoms with Crippen LogP contribution in [0.25, 0.3) is 6.08 Å². The summed E-state index contributed by atoms with van der Waals surface area (Å²) in [7, 11) is 0. The first-order valence-electron chi connectivity index (χ1n) is 4.70. The SMILES string of the molecule is N#CCc1ccc(C=CCCO)cc1F. The van der Waals surface area contributed by atoms with Crippen molar-refractivity contribution in [2.75, 3.05) is 6.61 Å². The van der Waals surface area contributed by atoms with Crippen LogP contribution in [0.5, 0.6) is 0 Å². The topological polar surface area (TPSA) is 44.0 Å². The molecule has 0 bridgehead atoms. The van der Waals surface area contributed by atoms with Crippen LogP contribution in [-0.2, 0) is 6.42 Å². The van der Waals surface area contributed by atoms with Gasteiger partial charge in [0.2, 0.25) is 0 Å². The van der Waals surface area contributed by atoms with Crippen LogP contribution >= 0.6 is 0 Å². The zero-order valence-corrected chi connectivity index (χ0v) is 8.28. The van der Waals surface area contributed by atoms with E-state index in [1.165, 1.54) is 6.07 Å².